The van der Waals surface area contributed by atoms with Gasteiger partial charge in [-0.1, -0.05) is 48.5 Å². The van der Waals surface area contributed by atoms with E-state index >= 15 is 0 Å². The minimum Gasteiger partial charge on any atom is -0.265 e. The molecule has 2 aromatic carbocycles. The molecule has 3 aromatic rings. The van der Waals surface area contributed by atoms with E-state index in [1.54, 1.807) is 16.7 Å². The van der Waals surface area contributed by atoms with E-state index in [1.165, 1.54) is 5.56 Å². The van der Waals surface area contributed by atoms with Crippen molar-refractivity contribution in [2.75, 3.05) is 6.54 Å². The molecule has 1 unspecified atom stereocenters. The van der Waals surface area contributed by atoms with E-state index in [9.17, 15) is 8.42 Å². The summed E-state index contributed by atoms with van der Waals surface area (Å²) in [5.74, 6) is 0.0173. The van der Waals surface area contributed by atoms with Gasteiger partial charge in [-0.3, -0.25) is 4.98 Å². The highest BCUT2D eigenvalue weighted by molar-refractivity contribution is 7.88. The van der Waals surface area contributed by atoms with Crippen molar-refractivity contribution in [3.05, 3.63) is 101 Å². The first-order chi connectivity index (χ1) is 13.1. The van der Waals surface area contributed by atoms with Crippen LogP contribution in [-0.2, 0) is 22.2 Å². The van der Waals surface area contributed by atoms with Crippen LogP contribution in [0.3, 0.4) is 0 Å². The molecule has 4 nitrogen and oxygen atoms in total. The molecule has 0 saturated carbocycles. The molecule has 1 aliphatic rings. The summed E-state index contributed by atoms with van der Waals surface area (Å²) in [5.41, 5.74) is 5.07. The smallest absolute Gasteiger partial charge is 0.219 e. The average Bonchev–Trinajstić information content (AvgIpc) is 2.69. The van der Waals surface area contributed by atoms with E-state index in [1.807, 2.05) is 61.5 Å². The standard InChI is InChI=1S/C22H22N2O2S/c1-17-6-2-3-8-20(17)16-27(25,26)24-15-12-18-7-4-5-9-21(18)22(24)19-10-13-23-14-11-19/h2-11,13-14,22H,12,15-16H2,1H3. The highest BCUT2D eigenvalue weighted by atomic mass is 32.2. The van der Waals surface area contributed by atoms with Gasteiger partial charge in [-0.15, -0.1) is 0 Å². The van der Waals surface area contributed by atoms with Crippen molar-refractivity contribution < 1.29 is 8.42 Å². The summed E-state index contributed by atoms with van der Waals surface area (Å²) in [5, 5.41) is 0. The Bertz CT molecular complexity index is 1050. The van der Waals surface area contributed by atoms with E-state index in [2.05, 4.69) is 11.1 Å². The number of sulfonamides is 1. The molecule has 0 aliphatic carbocycles. The Hall–Kier alpha value is -2.50. The van der Waals surface area contributed by atoms with Gasteiger partial charge in [-0.25, -0.2) is 8.42 Å². The zero-order valence-electron chi connectivity index (χ0n) is 15.2. The molecule has 0 amide bonds. The number of benzene rings is 2. The van der Waals surface area contributed by atoms with E-state index in [-0.39, 0.29) is 11.8 Å². The van der Waals surface area contributed by atoms with Crippen molar-refractivity contribution in [1.29, 1.82) is 0 Å². The molecule has 0 N–H and O–H groups in total. The monoisotopic (exact) mass is 378 g/mol. The number of fused-ring (bicyclic) bond motifs is 1. The van der Waals surface area contributed by atoms with Gasteiger partial charge in [-0.2, -0.15) is 4.31 Å². The summed E-state index contributed by atoms with van der Waals surface area (Å²) in [4.78, 5) is 4.09. The number of hydrogen-bond donors (Lipinski definition) is 0. The number of aromatic nitrogens is 1. The Labute approximate surface area is 160 Å². The van der Waals surface area contributed by atoms with Gasteiger partial charge < -0.3 is 0 Å². The predicted octanol–water partition coefficient (Wildman–Crippen LogP) is 3.87. The summed E-state index contributed by atoms with van der Waals surface area (Å²) in [6, 6.07) is 19.3. The third kappa shape index (κ3) is 3.53. The van der Waals surface area contributed by atoms with Crippen molar-refractivity contribution >= 4 is 10.0 Å². The molecule has 0 saturated heterocycles. The summed E-state index contributed by atoms with van der Waals surface area (Å²) < 4.78 is 28.5. The Balaban J connectivity index is 1.78. The quantitative estimate of drug-likeness (QED) is 0.692. The number of aryl methyl sites for hydroxylation is 1. The van der Waals surface area contributed by atoms with E-state index in [0.29, 0.717) is 6.54 Å². The predicted molar refractivity (Wildman–Crippen MR) is 107 cm³/mol. The average molecular weight is 378 g/mol. The third-order valence-corrected chi connectivity index (χ3v) is 7.00. The van der Waals surface area contributed by atoms with Gasteiger partial charge in [0.25, 0.3) is 0 Å². The van der Waals surface area contributed by atoms with Gasteiger partial charge in [0.1, 0.15) is 0 Å². The highest BCUT2D eigenvalue weighted by Gasteiger charge is 2.36. The first-order valence-corrected chi connectivity index (χ1v) is 10.7. The molecule has 2 heterocycles. The second-order valence-corrected chi connectivity index (χ2v) is 8.85. The molecule has 1 aliphatic heterocycles. The van der Waals surface area contributed by atoms with Crippen LogP contribution in [0.2, 0.25) is 0 Å². The topological polar surface area (TPSA) is 50.3 Å². The van der Waals surface area contributed by atoms with Crippen LogP contribution < -0.4 is 0 Å². The lowest BCUT2D eigenvalue weighted by atomic mass is 9.90. The third-order valence-electron chi connectivity index (χ3n) is 5.22. The van der Waals surface area contributed by atoms with Gasteiger partial charge >= 0.3 is 0 Å². The van der Waals surface area contributed by atoms with Crippen molar-refractivity contribution in [2.45, 2.75) is 25.1 Å². The second kappa shape index (κ2) is 7.25. The summed E-state index contributed by atoms with van der Waals surface area (Å²) in [6.07, 6.45) is 4.17. The summed E-state index contributed by atoms with van der Waals surface area (Å²) >= 11 is 0. The molecule has 0 fully saturated rings. The van der Waals surface area contributed by atoms with Crippen LogP contribution in [0.15, 0.2) is 73.1 Å². The lowest BCUT2D eigenvalue weighted by Gasteiger charge is -2.36. The lowest BCUT2D eigenvalue weighted by Crippen LogP contribution is -2.41. The maximum atomic E-state index is 13.4. The fourth-order valence-corrected chi connectivity index (χ4v) is 5.59. The van der Waals surface area contributed by atoms with Gasteiger partial charge in [0.2, 0.25) is 10.0 Å². The van der Waals surface area contributed by atoms with Crippen LogP contribution in [0.5, 0.6) is 0 Å². The van der Waals surface area contributed by atoms with E-state index in [4.69, 9.17) is 0 Å². The zero-order chi connectivity index (χ0) is 18.9. The van der Waals surface area contributed by atoms with Crippen molar-refractivity contribution in [3.8, 4) is 0 Å². The first kappa shape index (κ1) is 17.9. The molecule has 27 heavy (non-hydrogen) atoms. The van der Waals surface area contributed by atoms with Gasteiger partial charge in [0.15, 0.2) is 0 Å². The van der Waals surface area contributed by atoms with Crippen molar-refractivity contribution in [3.63, 3.8) is 0 Å². The van der Waals surface area contributed by atoms with Gasteiger partial charge in [0.05, 0.1) is 11.8 Å². The number of pyridine rings is 1. The van der Waals surface area contributed by atoms with Crippen LogP contribution in [0, 0.1) is 6.92 Å². The molecule has 0 spiro atoms. The Morgan fingerprint density at radius 3 is 2.48 bits per heavy atom. The Kier molecular flexibility index (Phi) is 4.81. The van der Waals surface area contributed by atoms with Crippen LogP contribution in [-0.4, -0.2) is 24.3 Å². The highest BCUT2D eigenvalue weighted by Crippen LogP contribution is 2.37. The zero-order valence-corrected chi connectivity index (χ0v) is 16.1. The Morgan fingerprint density at radius 1 is 1.00 bits per heavy atom. The van der Waals surface area contributed by atoms with Crippen LogP contribution in [0.25, 0.3) is 0 Å². The number of nitrogens with zero attached hydrogens (tertiary/aromatic N) is 2. The van der Waals surface area contributed by atoms with Crippen molar-refractivity contribution in [1.82, 2.24) is 9.29 Å². The second-order valence-electron chi connectivity index (χ2n) is 6.93. The first-order valence-electron chi connectivity index (χ1n) is 9.08. The van der Waals surface area contributed by atoms with Gasteiger partial charge in [-0.05, 0) is 53.3 Å². The summed E-state index contributed by atoms with van der Waals surface area (Å²) in [6.45, 7) is 2.44. The molecule has 0 radical (unpaired) electrons. The number of rotatable bonds is 4. The minimum atomic E-state index is -3.49. The van der Waals surface area contributed by atoms with Crippen molar-refractivity contribution in [2.24, 2.45) is 0 Å². The van der Waals surface area contributed by atoms with Crippen LogP contribution in [0.1, 0.15) is 33.9 Å². The number of hydrogen-bond acceptors (Lipinski definition) is 3. The fraction of sp³-hybridized carbons (Fsp3) is 0.227. The van der Waals surface area contributed by atoms with E-state index in [0.717, 1.165) is 28.7 Å². The maximum absolute atomic E-state index is 13.4. The molecule has 0 bridgehead atoms. The molecule has 1 aromatic heterocycles. The lowest BCUT2D eigenvalue weighted by molar-refractivity contribution is 0.343. The maximum Gasteiger partial charge on any atom is 0.219 e. The fourth-order valence-electron chi connectivity index (χ4n) is 3.79. The summed E-state index contributed by atoms with van der Waals surface area (Å²) in [7, 11) is -3.49. The largest absolute Gasteiger partial charge is 0.265 e. The molecule has 138 valence electrons. The van der Waals surface area contributed by atoms with Crippen LogP contribution >= 0.6 is 0 Å². The SMILES string of the molecule is Cc1ccccc1CS(=O)(=O)N1CCc2ccccc2C1c1ccncc1. The van der Waals surface area contributed by atoms with Gasteiger partial charge in [0, 0.05) is 18.9 Å². The molecule has 5 heteroatoms. The van der Waals surface area contributed by atoms with Crippen LogP contribution in [0.4, 0.5) is 0 Å². The molecular formula is C22H22N2O2S. The minimum absolute atomic E-state index is 0.0173. The Morgan fingerprint density at radius 2 is 1.70 bits per heavy atom. The molecular weight excluding hydrogens is 356 g/mol. The normalized spacial score (nSPS) is 17.4. The van der Waals surface area contributed by atoms with E-state index < -0.39 is 10.0 Å². The molecule has 1 atom stereocenters. The molecule has 4 rings (SSSR count).